The van der Waals surface area contributed by atoms with Crippen molar-refractivity contribution >= 4 is 17.7 Å². The van der Waals surface area contributed by atoms with E-state index in [-0.39, 0.29) is 11.9 Å². The number of nitrogens with zero attached hydrogens (tertiary/aromatic N) is 2. The van der Waals surface area contributed by atoms with Gasteiger partial charge in [0.25, 0.3) is 0 Å². The predicted molar refractivity (Wildman–Crippen MR) is 101 cm³/mol. The highest BCUT2D eigenvalue weighted by Crippen LogP contribution is 2.31. The number of hydrogen-bond donors (Lipinski definition) is 0. The summed E-state index contributed by atoms with van der Waals surface area (Å²) in [6.45, 7) is 3.00. The first-order valence-corrected chi connectivity index (χ1v) is 9.84. The fourth-order valence-electron chi connectivity index (χ4n) is 3.50. The van der Waals surface area contributed by atoms with Gasteiger partial charge in [-0.15, -0.1) is 11.8 Å². The van der Waals surface area contributed by atoms with E-state index in [1.54, 1.807) is 11.8 Å². The third-order valence-corrected chi connectivity index (χ3v) is 5.71. The first-order valence-electron chi connectivity index (χ1n) is 8.69. The molecule has 1 aliphatic rings. The number of amides is 1. The minimum atomic E-state index is 0.241. The van der Waals surface area contributed by atoms with Crippen LogP contribution in [0.5, 0.6) is 0 Å². The number of aromatic nitrogens is 1. The van der Waals surface area contributed by atoms with E-state index >= 15 is 0 Å². The molecule has 24 heavy (non-hydrogen) atoms. The molecule has 0 N–H and O–H groups in total. The standard InChI is InChI=1S/C20H26N2OS/c1-16-7-5-8-17(13-16)14-24-15-20(23)22-12-4-3-9-19(22)18-10-6-11-21(18)2/h5-8,10-11,13,19H,3-4,9,12,14-15H2,1-2H3. The second-order valence-electron chi connectivity index (χ2n) is 6.62. The lowest BCUT2D eigenvalue weighted by atomic mass is 9.99. The Labute approximate surface area is 149 Å². The molecule has 1 saturated heterocycles. The second kappa shape index (κ2) is 7.93. The third kappa shape index (κ3) is 4.04. The van der Waals surface area contributed by atoms with Crippen LogP contribution >= 0.6 is 11.8 Å². The minimum Gasteiger partial charge on any atom is -0.353 e. The van der Waals surface area contributed by atoms with Crippen LogP contribution in [0.2, 0.25) is 0 Å². The molecule has 1 aliphatic heterocycles. The topological polar surface area (TPSA) is 25.2 Å². The lowest BCUT2D eigenvalue weighted by molar-refractivity contribution is -0.132. The number of benzene rings is 1. The molecule has 2 aromatic rings. The average Bonchev–Trinajstić information content (AvgIpc) is 3.01. The van der Waals surface area contributed by atoms with Crippen molar-refractivity contribution in [2.45, 2.75) is 38.0 Å². The van der Waals surface area contributed by atoms with Crippen molar-refractivity contribution < 1.29 is 4.79 Å². The first kappa shape index (κ1) is 17.2. The number of thioether (sulfide) groups is 1. The van der Waals surface area contributed by atoms with Crippen molar-refractivity contribution in [3.8, 4) is 0 Å². The van der Waals surface area contributed by atoms with E-state index in [0.29, 0.717) is 5.75 Å². The van der Waals surface area contributed by atoms with E-state index in [9.17, 15) is 4.79 Å². The molecule has 1 aromatic carbocycles. The molecule has 0 bridgehead atoms. The highest BCUT2D eigenvalue weighted by molar-refractivity contribution is 7.99. The molecule has 4 heteroatoms. The van der Waals surface area contributed by atoms with Gasteiger partial charge in [-0.05, 0) is 43.9 Å². The number of likely N-dealkylation sites (tertiary alicyclic amines) is 1. The van der Waals surface area contributed by atoms with Crippen LogP contribution in [-0.4, -0.2) is 27.7 Å². The zero-order valence-corrected chi connectivity index (χ0v) is 15.4. The third-order valence-electron chi connectivity index (χ3n) is 4.73. The zero-order valence-electron chi connectivity index (χ0n) is 14.6. The van der Waals surface area contributed by atoms with Gasteiger partial charge in [0.05, 0.1) is 11.8 Å². The summed E-state index contributed by atoms with van der Waals surface area (Å²) < 4.78 is 2.15. The lowest BCUT2D eigenvalue weighted by Crippen LogP contribution is -2.40. The van der Waals surface area contributed by atoms with Crippen molar-refractivity contribution in [3.05, 3.63) is 59.4 Å². The molecule has 2 heterocycles. The van der Waals surface area contributed by atoms with E-state index in [2.05, 4.69) is 66.0 Å². The molecule has 3 nitrogen and oxygen atoms in total. The van der Waals surface area contributed by atoms with Crippen LogP contribution in [0.1, 0.15) is 42.1 Å². The lowest BCUT2D eigenvalue weighted by Gasteiger charge is -2.36. The van der Waals surface area contributed by atoms with E-state index in [0.717, 1.165) is 25.1 Å². The van der Waals surface area contributed by atoms with Crippen LogP contribution < -0.4 is 0 Å². The number of piperidine rings is 1. The van der Waals surface area contributed by atoms with Crippen LogP contribution in [0.25, 0.3) is 0 Å². The summed E-state index contributed by atoms with van der Waals surface area (Å²) in [7, 11) is 2.07. The summed E-state index contributed by atoms with van der Waals surface area (Å²) in [5, 5.41) is 0. The molecule has 128 valence electrons. The van der Waals surface area contributed by atoms with Gasteiger partial charge in [0.2, 0.25) is 5.91 Å². The molecule has 0 radical (unpaired) electrons. The van der Waals surface area contributed by atoms with Crippen LogP contribution in [0, 0.1) is 6.92 Å². The summed E-state index contributed by atoms with van der Waals surface area (Å²) in [6.07, 6.45) is 5.47. The molecule has 3 rings (SSSR count). The van der Waals surface area contributed by atoms with Gasteiger partial charge in [-0.1, -0.05) is 29.8 Å². The quantitative estimate of drug-likeness (QED) is 0.808. The highest BCUT2D eigenvalue weighted by atomic mass is 32.2. The maximum Gasteiger partial charge on any atom is 0.233 e. The normalized spacial score (nSPS) is 17.9. The Morgan fingerprint density at radius 1 is 1.25 bits per heavy atom. The average molecular weight is 343 g/mol. The Kier molecular flexibility index (Phi) is 5.67. The Morgan fingerprint density at radius 2 is 2.12 bits per heavy atom. The van der Waals surface area contributed by atoms with Gasteiger partial charge < -0.3 is 9.47 Å². The monoisotopic (exact) mass is 342 g/mol. The smallest absolute Gasteiger partial charge is 0.233 e. The minimum absolute atomic E-state index is 0.241. The Balaban J connectivity index is 1.59. The van der Waals surface area contributed by atoms with Crippen molar-refractivity contribution in [3.63, 3.8) is 0 Å². The Morgan fingerprint density at radius 3 is 2.88 bits per heavy atom. The first-order chi connectivity index (χ1) is 11.6. The second-order valence-corrected chi connectivity index (χ2v) is 7.61. The SMILES string of the molecule is Cc1cccc(CSCC(=O)N2CCCCC2c2cccn2C)c1. The predicted octanol–water partition coefficient (Wildman–Crippen LogP) is 4.32. The molecule has 1 unspecified atom stereocenters. The van der Waals surface area contributed by atoms with Crippen molar-refractivity contribution in [1.82, 2.24) is 9.47 Å². The molecule has 1 atom stereocenters. The van der Waals surface area contributed by atoms with E-state index in [4.69, 9.17) is 0 Å². The van der Waals surface area contributed by atoms with Crippen LogP contribution in [0.3, 0.4) is 0 Å². The van der Waals surface area contributed by atoms with Gasteiger partial charge in [-0.25, -0.2) is 0 Å². The summed E-state index contributed by atoms with van der Waals surface area (Å²) in [6, 6.07) is 13.0. The van der Waals surface area contributed by atoms with Crippen LogP contribution in [0.4, 0.5) is 0 Å². The number of carbonyl (C=O) groups excluding carboxylic acids is 1. The maximum absolute atomic E-state index is 12.8. The van der Waals surface area contributed by atoms with Gasteiger partial charge in [0.15, 0.2) is 0 Å². The Hall–Kier alpha value is -1.68. The van der Waals surface area contributed by atoms with Gasteiger partial charge in [0.1, 0.15) is 0 Å². The van der Waals surface area contributed by atoms with Crippen LogP contribution in [-0.2, 0) is 17.6 Å². The van der Waals surface area contributed by atoms with Crippen molar-refractivity contribution in [2.75, 3.05) is 12.3 Å². The maximum atomic E-state index is 12.8. The summed E-state index contributed by atoms with van der Waals surface area (Å²) in [5.41, 5.74) is 3.83. The molecular formula is C20H26N2OS. The van der Waals surface area contributed by atoms with Gasteiger partial charge in [-0.3, -0.25) is 4.79 Å². The van der Waals surface area contributed by atoms with Crippen LogP contribution in [0.15, 0.2) is 42.6 Å². The van der Waals surface area contributed by atoms with Gasteiger partial charge >= 0.3 is 0 Å². The van der Waals surface area contributed by atoms with Crippen molar-refractivity contribution in [1.29, 1.82) is 0 Å². The van der Waals surface area contributed by atoms with E-state index < -0.39 is 0 Å². The number of hydrogen-bond acceptors (Lipinski definition) is 2. The van der Waals surface area contributed by atoms with Gasteiger partial charge in [0, 0.05) is 31.2 Å². The molecule has 1 fully saturated rings. The molecule has 0 aliphatic carbocycles. The highest BCUT2D eigenvalue weighted by Gasteiger charge is 2.28. The van der Waals surface area contributed by atoms with E-state index in [1.807, 2.05) is 0 Å². The summed E-state index contributed by atoms with van der Waals surface area (Å²) in [4.78, 5) is 14.9. The Bertz CT molecular complexity index is 694. The molecule has 0 spiro atoms. The number of aryl methyl sites for hydroxylation is 2. The summed E-state index contributed by atoms with van der Waals surface area (Å²) in [5.74, 6) is 1.74. The fourth-order valence-corrected chi connectivity index (χ4v) is 4.36. The molecule has 1 amide bonds. The fraction of sp³-hybridized carbons (Fsp3) is 0.450. The number of rotatable bonds is 5. The largest absolute Gasteiger partial charge is 0.353 e. The van der Waals surface area contributed by atoms with Gasteiger partial charge in [-0.2, -0.15) is 0 Å². The van der Waals surface area contributed by atoms with Crippen molar-refractivity contribution in [2.24, 2.45) is 7.05 Å². The molecule has 0 saturated carbocycles. The summed E-state index contributed by atoms with van der Waals surface area (Å²) >= 11 is 1.72. The van der Waals surface area contributed by atoms with E-state index in [1.165, 1.54) is 23.2 Å². The molecular weight excluding hydrogens is 316 g/mol. The zero-order chi connectivity index (χ0) is 16.9. The molecule has 1 aromatic heterocycles. The number of carbonyl (C=O) groups is 1.